The summed E-state index contributed by atoms with van der Waals surface area (Å²) in [6.07, 6.45) is 15.0. The number of aromatic amines is 2. The van der Waals surface area contributed by atoms with Gasteiger partial charge in [0.1, 0.15) is 11.3 Å². The van der Waals surface area contributed by atoms with Gasteiger partial charge in [-0.1, -0.05) is 50.3 Å². The maximum atomic E-state index is 14.8. The van der Waals surface area contributed by atoms with Gasteiger partial charge < -0.3 is 20.5 Å². The number of nitrogens with zero attached hydrogens (tertiary/aromatic N) is 4. The first-order valence-electron chi connectivity index (χ1n) is 16.4. The number of anilines is 1. The molecule has 4 N–H and O–H groups in total. The zero-order valence-corrected chi connectivity index (χ0v) is 28.1. The van der Waals surface area contributed by atoms with Gasteiger partial charge >= 0.3 is 0 Å². The van der Waals surface area contributed by atoms with Gasteiger partial charge in [0.25, 0.3) is 0 Å². The van der Waals surface area contributed by atoms with Gasteiger partial charge in [-0.25, -0.2) is 14.4 Å². The number of hydrogen-bond acceptors (Lipinski definition) is 6. The largest absolute Gasteiger partial charge is 0.384 e. The minimum Gasteiger partial charge on any atom is -0.384 e. The molecule has 0 amide bonds. The van der Waals surface area contributed by atoms with Gasteiger partial charge in [0.2, 0.25) is 0 Å². The summed E-state index contributed by atoms with van der Waals surface area (Å²) in [5.41, 5.74) is 8.76. The zero-order chi connectivity index (χ0) is 33.3. The van der Waals surface area contributed by atoms with Crippen LogP contribution in [0.5, 0.6) is 0 Å². The van der Waals surface area contributed by atoms with Crippen molar-refractivity contribution in [3.05, 3.63) is 108 Å². The van der Waals surface area contributed by atoms with Gasteiger partial charge in [0.15, 0.2) is 11.5 Å². The minimum absolute atomic E-state index is 0.328. The summed E-state index contributed by atoms with van der Waals surface area (Å²) in [7, 11) is 4.01. The van der Waals surface area contributed by atoms with Crippen molar-refractivity contribution >= 4 is 27.9 Å². The van der Waals surface area contributed by atoms with Crippen LogP contribution in [0.25, 0.3) is 33.7 Å². The van der Waals surface area contributed by atoms with E-state index < -0.39 is 0 Å². The molecule has 1 aliphatic rings. The summed E-state index contributed by atoms with van der Waals surface area (Å²) in [6, 6.07) is 8.96. The Labute approximate surface area is 277 Å². The molecule has 1 fully saturated rings. The third-order valence-corrected chi connectivity index (χ3v) is 8.60. The number of likely N-dealkylation sites (N-methyl/N-ethyl adjacent to an activating group) is 1. The Hall–Kier alpha value is -4.60. The molecule has 9 heteroatoms. The number of hydrogen-bond donors (Lipinski definition) is 4. The summed E-state index contributed by atoms with van der Waals surface area (Å²) in [4.78, 5) is 15.5. The average Bonchev–Trinajstić information content (AvgIpc) is 3.81. The van der Waals surface area contributed by atoms with Crippen molar-refractivity contribution in [2.24, 2.45) is 5.92 Å². The van der Waals surface area contributed by atoms with Crippen molar-refractivity contribution in [1.82, 2.24) is 35.4 Å². The smallest absolute Gasteiger partial charge is 0.161 e. The number of benzene rings is 1. The second kappa shape index (κ2) is 15.8. The van der Waals surface area contributed by atoms with E-state index in [0.717, 1.165) is 59.2 Å². The van der Waals surface area contributed by atoms with Crippen LogP contribution in [0, 0.1) is 18.7 Å². The number of aromatic nitrogens is 5. The molecule has 0 atom stereocenters. The fraction of sp³-hybridized carbons (Fsp3) is 0.342. The molecule has 0 aliphatic heterocycles. The molecule has 0 radical (unpaired) electrons. The summed E-state index contributed by atoms with van der Waals surface area (Å²) >= 11 is 0. The quantitative estimate of drug-likeness (QED) is 0.100. The predicted octanol–water partition coefficient (Wildman–Crippen LogP) is 7.68. The maximum Gasteiger partial charge on any atom is 0.161 e. The van der Waals surface area contributed by atoms with Crippen molar-refractivity contribution in [3.8, 4) is 11.5 Å². The Morgan fingerprint density at radius 2 is 1.94 bits per heavy atom. The molecular formula is C38H47FN8. The van der Waals surface area contributed by atoms with E-state index in [-0.39, 0.29) is 5.82 Å². The van der Waals surface area contributed by atoms with Crippen LogP contribution in [0.1, 0.15) is 55.3 Å². The van der Waals surface area contributed by atoms with E-state index in [0.29, 0.717) is 40.5 Å². The number of allylic oxidation sites excluding steroid dienone is 5. The van der Waals surface area contributed by atoms with Crippen molar-refractivity contribution in [2.75, 3.05) is 45.6 Å². The lowest BCUT2D eigenvalue weighted by Crippen LogP contribution is -2.23. The number of halogens is 1. The standard InChI is InChI=1S/C38H47FN8/c1-7-12-32(29-20-30(39)22-31(21-29)41-17-18-47(5)6)35-25(4)42-38(44-35)37-36-34(45-46-37)16-15-33(43-36)28(9-3)19-26(8-2)23-40-24-27-13-10-11-14-27/h7-9,12,15-16,19-22,27,40-41H,1-2,10-11,13-14,17-18,23-24H2,3-6H3,(H,42,44)(H,45,46)/b26-19+,28-9+,32-12-. The fourth-order valence-electron chi connectivity index (χ4n) is 6.08. The molecule has 246 valence electrons. The third kappa shape index (κ3) is 8.41. The van der Waals surface area contributed by atoms with E-state index in [1.165, 1.54) is 37.8 Å². The van der Waals surface area contributed by atoms with Crippen molar-refractivity contribution in [1.29, 1.82) is 0 Å². The number of imidazole rings is 1. The van der Waals surface area contributed by atoms with Gasteiger partial charge in [-0.2, -0.15) is 5.10 Å². The van der Waals surface area contributed by atoms with Gasteiger partial charge in [-0.15, -0.1) is 0 Å². The highest BCUT2D eigenvalue weighted by molar-refractivity contribution is 5.90. The number of fused-ring (bicyclic) bond motifs is 1. The van der Waals surface area contributed by atoms with Gasteiger partial charge in [0, 0.05) is 36.6 Å². The molecule has 1 aromatic carbocycles. The highest BCUT2D eigenvalue weighted by Crippen LogP contribution is 2.32. The molecule has 1 aliphatic carbocycles. The lowest BCUT2D eigenvalue weighted by Gasteiger charge is -2.13. The Morgan fingerprint density at radius 3 is 2.66 bits per heavy atom. The first kappa shape index (κ1) is 33.8. The molecular weight excluding hydrogens is 587 g/mol. The van der Waals surface area contributed by atoms with Crippen LogP contribution in [0.2, 0.25) is 0 Å². The molecule has 0 saturated heterocycles. The summed E-state index contributed by atoms with van der Waals surface area (Å²) in [5, 5.41) is 14.7. The molecule has 0 bridgehead atoms. The molecule has 0 unspecified atom stereocenters. The van der Waals surface area contributed by atoms with Crippen LogP contribution in [0.4, 0.5) is 10.1 Å². The highest BCUT2D eigenvalue weighted by atomic mass is 19.1. The second-order valence-electron chi connectivity index (χ2n) is 12.4. The summed E-state index contributed by atoms with van der Waals surface area (Å²) < 4.78 is 14.8. The Morgan fingerprint density at radius 1 is 1.13 bits per heavy atom. The second-order valence-corrected chi connectivity index (χ2v) is 12.4. The summed E-state index contributed by atoms with van der Waals surface area (Å²) in [5.74, 6) is 1.03. The van der Waals surface area contributed by atoms with Crippen molar-refractivity contribution in [2.45, 2.75) is 39.5 Å². The molecule has 5 rings (SSSR count). The third-order valence-electron chi connectivity index (χ3n) is 8.60. The number of rotatable bonds is 15. The SMILES string of the molecule is C=C/C=C(/c1cc(F)cc(NCCN(C)C)c1)c1nc(-c2n[nH]c3ccc(C(/C=C(\C=C)CNCC4CCCC4)=C/C)nc23)[nH]c1C. The van der Waals surface area contributed by atoms with Gasteiger partial charge in [-0.05, 0) is 106 Å². The fourth-order valence-corrected chi connectivity index (χ4v) is 6.08. The molecule has 3 heterocycles. The molecule has 1 saturated carbocycles. The minimum atomic E-state index is -0.328. The van der Waals surface area contributed by atoms with Crippen molar-refractivity contribution < 1.29 is 4.39 Å². The van der Waals surface area contributed by atoms with E-state index >= 15 is 0 Å². The van der Waals surface area contributed by atoms with Crippen molar-refractivity contribution in [3.63, 3.8) is 0 Å². The monoisotopic (exact) mass is 634 g/mol. The first-order chi connectivity index (χ1) is 22.8. The molecule has 4 aromatic rings. The number of pyridine rings is 1. The predicted molar refractivity (Wildman–Crippen MR) is 194 cm³/mol. The average molecular weight is 635 g/mol. The van der Waals surface area contributed by atoms with Crippen LogP contribution in [0.3, 0.4) is 0 Å². The normalized spacial score (nSPS) is 14.8. The van der Waals surface area contributed by atoms with Gasteiger partial charge in [-0.3, -0.25) is 5.10 Å². The molecule has 8 nitrogen and oxygen atoms in total. The van der Waals surface area contributed by atoms with E-state index in [4.69, 9.17) is 9.97 Å². The highest BCUT2D eigenvalue weighted by Gasteiger charge is 2.20. The Bertz CT molecular complexity index is 1800. The van der Waals surface area contributed by atoms with Crippen LogP contribution in [-0.2, 0) is 0 Å². The van der Waals surface area contributed by atoms with Crippen LogP contribution >= 0.6 is 0 Å². The maximum absolute atomic E-state index is 14.8. The zero-order valence-electron chi connectivity index (χ0n) is 28.1. The van der Waals surface area contributed by atoms with E-state index in [1.807, 2.05) is 58.3 Å². The van der Waals surface area contributed by atoms with E-state index in [9.17, 15) is 4.39 Å². The summed E-state index contributed by atoms with van der Waals surface area (Å²) in [6.45, 7) is 15.3. The lowest BCUT2D eigenvalue weighted by atomic mass is 10.00. The Balaban J connectivity index is 1.42. The molecule has 3 aromatic heterocycles. The first-order valence-corrected chi connectivity index (χ1v) is 16.4. The topological polar surface area (TPSA) is 97.5 Å². The van der Waals surface area contributed by atoms with E-state index in [1.54, 1.807) is 6.08 Å². The van der Waals surface area contributed by atoms with Crippen LogP contribution in [-0.4, -0.2) is 70.3 Å². The van der Waals surface area contributed by atoms with Crippen LogP contribution < -0.4 is 10.6 Å². The van der Waals surface area contributed by atoms with Crippen LogP contribution in [0.15, 0.2) is 79.4 Å². The van der Waals surface area contributed by atoms with Gasteiger partial charge in [0.05, 0.1) is 16.9 Å². The lowest BCUT2D eigenvalue weighted by molar-refractivity contribution is 0.425. The number of aryl methyl sites for hydroxylation is 1. The molecule has 47 heavy (non-hydrogen) atoms. The Kier molecular flexibility index (Phi) is 11.3. The molecule has 0 spiro atoms. The number of H-pyrrole nitrogens is 2. The van der Waals surface area contributed by atoms with E-state index in [2.05, 4.69) is 56.0 Å². The number of nitrogens with one attached hydrogen (secondary N) is 4.